The monoisotopic (exact) mass is 444 g/mol. The van der Waals surface area contributed by atoms with Crippen molar-refractivity contribution in [3.8, 4) is 5.13 Å². The number of aryl methyl sites for hydroxylation is 1. The average molecular weight is 445 g/mol. The van der Waals surface area contributed by atoms with E-state index in [-0.39, 0.29) is 17.5 Å². The summed E-state index contributed by atoms with van der Waals surface area (Å²) in [6.45, 7) is 6.61. The molecular weight excluding hydrogens is 416 g/mol. The smallest absolute Gasteiger partial charge is 0.345 e. The minimum atomic E-state index is -0.0918. The van der Waals surface area contributed by atoms with E-state index in [0.29, 0.717) is 37.7 Å². The molecule has 0 spiro atoms. The van der Waals surface area contributed by atoms with Crippen molar-refractivity contribution in [3.05, 3.63) is 51.4 Å². The van der Waals surface area contributed by atoms with Crippen molar-refractivity contribution in [2.45, 2.75) is 45.7 Å². The van der Waals surface area contributed by atoms with Crippen LogP contribution in [0.15, 0.2) is 29.3 Å². The molecule has 0 unspecified atom stereocenters. The van der Waals surface area contributed by atoms with Gasteiger partial charge in [0, 0.05) is 45.1 Å². The molecule has 9 nitrogen and oxygen atoms in total. The Morgan fingerprint density at radius 2 is 1.97 bits per heavy atom. The maximum Gasteiger partial charge on any atom is 0.345 e. The van der Waals surface area contributed by atoms with E-state index in [9.17, 15) is 9.59 Å². The maximum atomic E-state index is 13.1. The van der Waals surface area contributed by atoms with Crippen LogP contribution in [-0.2, 0) is 17.8 Å². The molecule has 1 aliphatic rings. The van der Waals surface area contributed by atoms with Crippen molar-refractivity contribution < 1.29 is 9.53 Å². The van der Waals surface area contributed by atoms with Crippen LogP contribution in [0.3, 0.4) is 0 Å². The Morgan fingerprint density at radius 1 is 1.26 bits per heavy atom. The third kappa shape index (κ3) is 4.22. The Labute approximate surface area is 184 Å². The van der Waals surface area contributed by atoms with Crippen molar-refractivity contribution >= 4 is 17.2 Å². The number of aromatic nitrogens is 5. The van der Waals surface area contributed by atoms with Crippen LogP contribution >= 0.6 is 11.3 Å². The molecule has 166 valence electrons. The lowest BCUT2D eigenvalue weighted by atomic mass is 9.95. The first-order chi connectivity index (χ1) is 15.0. The number of amides is 1. The molecule has 31 heavy (non-hydrogen) atoms. The van der Waals surface area contributed by atoms with Gasteiger partial charge in [0.1, 0.15) is 10.7 Å². The number of rotatable bonds is 7. The number of nitrogens with zero attached hydrogens (tertiary/aromatic N) is 6. The molecule has 1 saturated heterocycles. The van der Waals surface area contributed by atoms with Crippen LogP contribution in [-0.4, -0.2) is 61.5 Å². The van der Waals surface area contributed by atoms with Crippen LogP contribution in [0.1, 0.15) is 46.9 Å². The number of methoxy groups -OCH3 is 1. The molecular formula is C21H28N6O3S. The van der Waals surface area contributed by atoms with Gasteiger partial charge in [0.05, 0.1) is 18.8 Å². The Hall–Kier alpha value is -2.72. The molecule has 1 fully saturated rings. The number of carbonyl (C=O) groups is 1. The van der Waals surface area contributed by atoms with E-state index < -0.39 is 0 Å². The number of ether oxygens (including phenoxy) is 1. The zero-order chi connectivity index (χ0) is 22.0. The highest BCUT2D eigenvalue weighted by Crippen LogP contribution is 2.29. The van der Waals surface area contributed by atoms with Crippen molar-refractivity contribution in [3.63, 3.8) is 0 Å². The molecule has 0 aromatic carbocycles. The molecule has 0 atom stereocenters. The Bertz CT molecular complexity index is 1090. The van der Waals surface area contributed by atoms with Gasteiger partial charge in [-0.2, -0.15) is 5.10 Å². The second-order valence-electron chi connectivity index (χ2n) is 7.67. The first kappa shape index (κ1) is 21.5. The van der Waals surface area contributed by atoms with Crippen LogP contribution in [0.25, 0.3) is 5.13 Å². The molecule has 0 saturated carbocycles. The fraction of sp³-hybridized carbons (Fsp3) is 0.524. The summed E-state index contributed by atoms with van der Waals surface area (Å²) in [5, 5.41) is 5.39. The molecule has 1 amide bonds. The molecule has 10 heteroatoms. The zero-order valence-corrected chi connectivity index (χ0v) is 19.0. The van der Waals surface area contributed by atoms with E-state index in [4.69, 9.17) is 4.74 Å². The molecule has 1 aliphatic heterocycles. The fourth-order valence-electron chi connectivity index (χ4n) is 4.02. The first-order valence-electron chi connectivity index (χ1n) is 10.6. The minimum absolute atomic E-state index is 0.0327. The lowest BCUT2D eigenvalue weighted by Crippen LogP contribution is -2.38. The van der Waals surface area contributed by atoms with Gasteiger partial charge in [-0.05, 0) is 38.8 Å². The predicted octanol–water partition coefficient (Wildman–Crippen LogP) is 2.29. The highest BCUT2D eigenvalue weighted by molar-refractivity contribution is 7.16. The number of hydrogen-bond acceptors (Lipinski definition) is 6. The second kappa shape index (κ2) is 9.19. The third-order valence-corrected chi connectivity index (χ3v) is 6.89. The van der Waals surface area contributed by atoms with E-state index in [1.54, 1.807) is 11.7 Å². The van der Waals surface area contributed by atoms with Gasteiger partial charge in [0.25, 0.3) is 5.91 Å². The molecule has 0 radical (unpaired) electrons. The summed E-state index contributed by atoms with van der Waals surface area (Å²) in [7, 11) is 1.61. The lowest BCUT2D eigenvalue weighted by molar-refractivity contribution is 0.0714. The van der Waals surface area contributed by atoms with Gasteiger partial charge in [-0.25, -0.2) is 14.5 Å². The summed E-state index contributed by atoms with van der Waals surface area (Å²) in [5.41, 5.74) is 0.670. The first-order valence-corrected chi connectivity index (χ1v) is 11.4. The predicted molar refractivity (Wildman–Crippen MR) is 118 cm³/mol. The van der Waals surface area contributed by atoms with Crippen molar-refractivity contribution in [1.82, 2.24) is 28.8 Å². The topological polar surface area (TPSA) is 87.2 Å². The number of carbonyl (C=O) groups excluding carboxylic acids is 1. The van der Waals surface area contributed by atoms with Crippen LogP contribution in [0.4, 0.5) is 0 Å². The van der Waals surface area contributed by atoms with E-state index in [1.807, 2.05) is 47.8 Å². The van der Waals surface area contributed by atoms with Gasteiger partial charge in [-0.1, -0.05) is 11.3 Å². The molecule has 4 heterocycles. The average Bonchev–Trinajstić information content (AvgIpc) is 3.51. The van der Waals surface area contributed by atoms with Crippen molar-refractivity contribution in [2.24, 2.45) is 0 Å². The molecule has 4 rings (SSSR count). The van der Waals surface area contributed by atoms with Gasteiger partial charge in [-0.3, -0.25) is 9.36 Å². The van der Waals surface area contributed by atoms with Gasteiger partial charge >= 0.3 is 5.69 Å². The Balaban J connectivity index is 1.46. The van der Waals surface area contributed by atoms with Gasteiger partial charge < -0.3 is 14.2 Å². The Morgan fingerprint density at radius 3 is 2.61 bits per heavy atom. The number of hydrogen-bond donors (Lipinski definition) is 0. The quantitative estimate of drug-likeness (QED) is 0.558. The molecule has 0 N–H and O–H groups in total. The normalized spacial score (nSPS) is 15.0. The summed E-state index contributed by atoms with van der Waals surface area (Å²) in [5.74, 6) is 1.02. The third-order valence-electron chi connectivity index (χ3n) is 5.73. The summed E-state index contributed by atoms with van der Waals surface area (Å²) in [6, 6.07) is 3.88. The van der Waals surface area contributed by atoms with Crippen molar-refractivity contribution in [1.29, 1.82) is 0 Å². The van der Waals surface area contributed by atoms with Crippen LogP contribution in [0, 0.1) is 6.92 Å². The standard InChI is InChI=1S/C21H28N6O3S/c1-4-26-18(23-27(21(26)29)13-14-30-3)16-7-11-24(12-8-16)19(28)17-15(2)22-20(31-17)25-9-5-6-10-25/h5-6,9-10,16H,4,7-8,11-14H2,1-3H3. The number of thiazole rings is 1. The van der Waals surface area contributed by atoms with Crippen molar-refractivity contribution in [2.75, 3.05) is 26.8 Å². The highest BCUT2D eigenvalue weighted by Gasteiger charge is 2.30. The van der Waals surface area contributed by atoms with E-state index >= 15 is 0 Å². The van der Waals surface area contributed by atoms with Crippen LogP contribution in [0.2, 0.25) is 0 Å². The van der Waals surface area contributed by atoms with E-state index in [2.05, 4.69) is 10.1 Å². The maximum absolute atomic E-state index is 13.1. The summed E-state index contributed by atoms with van der Waals surface area (Å²) in [6.07, 6.45) is 5.43. The molecule has 0 bridgehead atoms. The highest BCUT2D eigenvalue weighted by atomic mass is 32.1. The summed E-state index contributed by atoms with van der Waals surface area (Å²) < 4.78 is 10.2. The van der Waals surface area contributed by atoms with Crippen LogP contribution < -0.4 is 5.69 Å². The number of likely N-dealkylation sites (tertiary alicyclic amines) is 1. The molecule has 3 aromatic rings. The number of piperidine rings is 1. The molecule has 0 aliphatic carbocycles. The van der Waals surface area contributed by atoms with Gasteiger partial charge in [-0.15, -0.1) is 0 Å². The van der Waals surface area contributed by atoms with Crippen LogP contribution in [0.5, 0.6) is 0 Å². The fourth-order valence-corrected chi connectivity index (χ4v) is 5.02. The molecule has 3 aromatic heterocycles. The summed E-state index contributed by atoms with van der Waals surface area (Å²) in [4.78, 5) is 32.9. The van der Waals surface area contributed by atoms with Gasteiger partial charge in [0.2, 0.25) is 0 Å². The van der Waals surface area contributed by atoms with E-state index in [1.165, 1.54) is 16.0 Å². The van der Waals surface area contributed by atoms with Gasteiger partial charge in [0.15, 0.2) is 5.13 Å². The lowest BCUT2D eigenvalue weighted by Gasteiger charge is -2.31. The minimum Gasteiger partial charge on any atom is -0.383 e. The zero-order valence-electron chi connectivity index (χ0n) is 18.2. The second-order valence-corrected chi connectivity index (χ2v) is 8.65. The largest absolute Gasteiger partial charge is 0.383 e. The summed E-state index contributed by atoms with van der Waals surface area (Å²) >= 11 is 1.42. The SMILES string of the molecule is CCn1c(C2CCN(C(=O)c3sc(-n4cccc4)nc3C)CC2)nn(CCOC)c1=O. The Kier molecular flexibility index (Phi) is 6.38. The van der Waals surface area contributed by atoms with E-state index in [0.717, 1.165) is 29.5 Å².